The van der Waals surface area contributed by atoms with E-state index in [9.17, 15) is 0 Å². The molecule has 0 aromatic carbocycles. The number of rotatable bonds is 0. The predicted molar refractivity (Wildman–Crippen MR) is 50.5 cm³/mol. The Labute approximate surface area is 73.0 Å². The molecular formula is C9H15N3. The van der Waals surface area contributed by atoms with Gasteiger partial charge in [-0.25, -0.2) is 4.98 Å². The van der Waals surface area contributed by atoms with Gasteiger partial charge in [0.05, 0.1) is 5.69 Å². The van der Waals surface area contributed by atoms with Gasteiger partial charge in [-0.05, 0) is 11.6 Å². The third-order valence-electron chi connectivity index (χ3n) is 1.70. The van der Waals surface area contributed by atoms with Gasteiger partial charge in [-0.15, -0.1) is 0 Å². The summed E-state index contributed by atoms with van der Waals surface area (Å²) in [6, 6.07) is 3.86. The first kappa shape index (κ1) is 9.00. The summed E-state index contributed by atoms with van der Waals surface area (Å²) in [6.45, 7) is 5.79. The highest BCUT2D eigenvalue weighted by Crippen LogP contribution is 2.13. The average Bonchev–Trinajstić information content (AvgIpc) is 2.54. The second-order valence-electron chi connectivity index (χ2n) is 2.45. The molecule has 12 heavy (non-hydrogen) atoms. The number of nitrogens with one attached hydrogen (secondary N) is 1. The van der Waals surface area contributed by atoms with Crippen LogP contribution in [0, 0.1) is 0 Å². The van der Waals surface area contributed by atoms with E-state index in [0.29, 0.717) is 5.82 Å². The zero-order valence-electron chi connectivity index (χ0n) is 7.59. The Bertz CT molecular complexity index is 258. The van der Waals surface area contributed by atoms with Gasteiger partial charge < -0.3 is 11.1 Å². The van der Waals surface area contributed by atoms with Crippen molar-refractivity contribution in [1.29, 1.82) is 0 Å². The van der Waals surface area contributed by atoms with Crippen molar-refractivity contribution in [2.45, 2.75) is 26.9 Å². The van der Waals surface area contributed by atoms with Gasteiger partial charge in [0.15, 0.2) is 0 Å². The zero-order valence-corrected chi connectivity index (χ0v) is 7.59. The number of anilines is 1. The molecule has 2 rings (SSSR count). The monoisotopic (exact) mass is 165 g/mol. The molecule has 0 amide bonds. The average molecular weight is 165 g/mol. The first-order valence-electron chi connectivity index (χ1n) is 4.31. The summed E-state index contributed by atoms with van der Waals surface area (Å²) in [5.41, 5.74) is 7.86. The molecule has 2 heterocycles. The van der Waals surface area contributed by atoms with Crippen LogP contribution in [-0.2, 0) is 13.1 Å². The van der Waals surface area contributed by atoms with Gasteiger partial charge in [0, 0.05) is 13.1 Å². The fourth-order valence-corrected chi connectivity index (χ4v) is 1.18. The number of fused-ring (bicyclic) bond motifs is 1. The quantitative estimate of drug-likeness (QED) is 0.609. The lowest BCUT2D eigenvalue weighted by Gasteiger charge is -1.95. The Morgan fingerprint density at radius 1 is 1.33 bits per heavy atom. The summed E-state index contributed by atoms with van der Waals surface area (Å²) in [5.74, 6) is 0.613. The summed E-state index contributed by atoms with van der Waals surface area (Å²) in [7, 11) is 0. The molecule has 0 saturated carbocycles. The lowest BCUT2D eigenvalue weighted by molar-refractivity contribution is 0.758. The highest BCUT2D eigenvalue weighted by Gasteiger charge is 2.09. The summed E-state index contributed by atoms with van der Waals surface area (Å²) in [4.78, 5) is 4.17. The van der Waals surface area contributed by atoms with E-state index in [0.717, 1.165) is 18.8 Å². The van der Waals surface area contributed by atoms with E-state index in [-0.39, 0.29) is 0 Å². The van der Waals surface area contributed by atoms with Crippen molar-refractivity contribution in [2.75, 3.05) is 5.73 Å². The van der Waals surface area contributed by atoms with Gasteiger partial charge >= 0.3 is 0 Å². The highest BCUT2D eigenvalue weighted by atomic mass is 15.0. The van der Waals surface area contributed by atoms with Gasteiger partial charge in [0.2, 0.25) is 0 Å². The Hall–Kier alpha value is -1.09. The fourth-order valence-electron chi connectivity index (χ4n) is 1.18. The van der Waals surface area contributed by atoms with Gasteiger partial charge in [-0.3, -0.25) is 0 Å². The third-order valence-corrected chi connectivity index (χ3v) is 1.70. The highest BCUT2D eigenvalue weighted by molar-refractivity contribution is 5.35. The predicted octanol–water partition coefficient (Wildman–Crippen LogP) is 1.29. The van der Waals surface area contributed by atoms with Crippen LogP contribution in [0.1, 0.15) is 25.1 Å². The number of nitrogens with two attached hydrogens (primary N) is 1. The molecule has 1 aliphatic rings. The maximum Gasteiger partial charge on any atom is 0.123 e. The van der Waals surface area contributed by atoms with Crippen LogP contribution < -0.4 is 11.1 Å². The zero-order chi connectivity index (χ0) is 8.97. The van der Waals surface area contributed by atoms with Gasteiger partial charge in [0.1, 0.15) is 5.82 Å². The van der Waals surface area contributed by atoms with E-state index in [1.54, 1.807) is 0 Å². The van der Waals surface area contributed by atoms with E-state index in [2.05, 4.69) is 10.3 Å². The number of hydrogen-bond donors (Lipinski definition) is 2. The van der Waals surface area contributed by atoms with Crippen molar-refractivity contribution in [3.05, 3.63) is 23.4 Å². The topological polar surface area (TPSA) is 50.9 Å². The SMILES string of the molecule is CC.Nc1ccc2c(n1)CNC2. The second-order valence-corrected chi connectivity index (χ2v) is 2.45. The van der Waals surface area contributed by atoms with Gasteiger partial charge in [0.25, 0.3) is 0 Å². The number of nitrogen functional groups attached to an aromatic ring is 1. The molecule has 1 aromatic rings. The summed E-state index contributed by atoms with van der Waals surface area (Å²) in [5, 5.41) is 3.20. The summed E-state index contributed by atoms with van der Waals surface area (Å²) >= 11 is 0. The van der Waals surface area contributed by atoms with E-state index < -0.39 is 0 Å². The minimum absolute atomic E-state index is 0.613. The van der Waals surface area contributed by atoms with Crippen molar-refractivity contribution in [3.8, 4) is 0 Å². The van der Waals surface area contributed by atoms with Crippen LogP contribution in [0.25, 0.3) is 0 Å². The Morgan fingerprint density at radius 3 is 2.83 bits per heavy atom. The molecule has 0 spiro atoms. The van der Waals surface area contributed by atoms with E-state index in [1.807, 2.05) is 26.0 Å². The van der Waals surface area contributed by atoms with Crippen molar-refractivity contribution < 1.29 is 0 Å². The van der Waals surface area contributed by atoms with Crippen LogP contribution in [0.5, 0.6) is 0 Å². The Morgan fingerprint density at radius 2 is 2.08 bits per heavy atom. The minimum atomic E-state index is 0.613. The molecule has 0 atom stereocenters. The molecule has 0 bridgehead atoms. The van der Waals surface area contributed by atoms with E-state index in [1.165, 1.54) is 5.56 Å². The molecule has 0 saturated heterocycles. The van der Waals surface area contributed by atoms with Crippen LogP contribution in [0.3, 0.4) is 0 Å². The fraction of sp³-hybridized carbons (Fsp3) is 0.444. The standard InChI is InChI=1S/C7H9N3.C2H6/c8-7-2-1-5-3-9-4-6(5)10-7;1-2/h1-2,9H,3-4H2,(H2,8,10);1-2H3. The van der Waals surface area contributed by atoms with Crippen molar-refractivity contribution in [1.82, 2.24) is 10.3 Å². The first-order valence-corrected chi connectivity index (χ1v) is 4.31. The number of hydrogen-bond acceptors (Lipinski definition) is 3. The molecule has 0 fully saturated rings. The van der Waals surface area contributed by atoms with E-state index >= 15 is 0 Å². The lowest BCUT2D eigenvalue weighted by Crippen LogP contribution is -2.00. The van der Waals surface area contributed by atoms with Gasteiger partial charge in [-0.2, -0.15) is 0 Å². The number of aromatic nitrogens is 1. The van der Waals surface area contributed by atoms with Crippen LogP contribution in [0.15, 0.2) is 12.1 Å². The lowest BCUT2D eigenvalue weighted by atomic mass is 10.2. The molecule has 0 radical (unpaired) electrons. The smallest absolute Gasteiger partial charge is 0.123 e. The normalized spacial score (nSPS) is 13.2. The molecule has 1 aliphatic heterocycles. The third kappa shape index (κ3) is 1.74. The van der Waals surface area contributed by atoms with E-state index in [4.69, 9.17) is 5.73 Å². The Balaban J connectivity index is 0.000000336. The Kier molecular flexibility index (Phi) is 3.05. The molecule has 3 N–H and O–H groups in total. The maximum atomic E-state index is 5.49. The minimum Gasteiger partial charge on any atom is -0.384 e. The number of pyridine rings is 1. The molecular weight excluding hydrogens is 150 g/mol. The maximum absolute atomic E-state index is 5.49. The molecule has 1 aromatic heterocycles. The molecule has 0 aliphatic carbocycles. The largest absolute Gasteiger partial charge is 0.384 e. The van der Waals surface area contributed by atoms with Crippen LogP contribution >= 0.6 is 0 Å². The molecule has 3 heteroatoms. The second kappa shape index (κ2) is 4.07. The number of nitrogens with zero attached hydrogens (tertiary/aromatic N) is 1. The van der Waals surface area contributed by atoms with Crippen LogP contribution in [0.4, 0.5) is 5.82 Å². The van der Waals surface area contributed by atoms with Gasteiger partial charge in [-0.1, -0.05) is 19.9 Å². The van der Waals surface area contributed by atoms with Crippen LogP contribution in [-0.4, -0.2) is 4.98 Å². The summed E-state index contributed by atoms with van der Waals surface area (Å²) in [6.07, 6.45) is 0. The molecule has 66 valence electrons. The molecule has 0 unspecified atom stereocenters. The van der Waals surface area contributed by atoms with Crippen molar-refractivity contribution >= 4 is 5.82 Å². The first-order chi connectivity index (χ1) is 5.86. The van der Waals surface area contributed by atoms with Crippen LogP contribution in [0.2, 0.25) is 0 Å². The molecule has 3 nitrogen and oxygen atoms in total. The van der Waals surface area contributed by atoms with Crippen molar-refractivity contribution in [2.24, 2.45) is 0 Å². The van der Waals surface area contributed by atoms with Crippen molar-refractivity contribution in [3.63, 3.8) is 0 Å². The summed E-state index contributed by atoms with van der Waals surface area (Å²) < 4.78 is 0.